The Bertz CT molecular complexity index is 650. The van der Waals surface area contributed by atoms with Gasteiger partial charge in [-0.15, -0.1) is 8.78 Å². The van der Waals surface area contributed by atoms with Gasteiger partial charge in [0.1, 0.15) is 0 Å². The molecular formula is C9H4F17IN2S. The van der Waals surface area contributed by atoms with Gasteiger partial charge in [-0.3, -0.25) is 0 Å². The quantitative estimate of drug-likeness (QED) is 0.193. The minimum atomic E-state index is -8.65. The number of hydrogen-bond acceptors (Lipinski definition) is 0. The first-order valence-corrected chi connectivity index (χ1v) is 6.76. The van der Waals surface area contributed by atoms with Crippen molar-refractivity contribution in [1.29, 1.82) is 0 Å². The molecule has 0 radical (unpaired) electrons. The second-order valence-electron chi connectivity index (χ2n) is 4.97. The molecule has 21 heteroatoms. The maximum atomic E-state index is 13.2. The molecule has 182 valence electrons. The molecule has 0 unspecified atom stereocenters. The Morgan fingerprint density at radius 1 is 0.433 bits per heavy atom. The lowest BCUT2D eigenvalue weighted by molar-refractivity contribution is -0.458. The van der Waals surface area contributed by atoms with Gasteiger partial charge >= 0.3 is 52.1 Å². The van der Waals surface area contributed by atoms with E-state index in [1.807, 2.05) is 0 Å². The third kappa shape index (κ3) is 4.26. The van der Waals surface area contributed by atoms with E-state index in [0.29, 0.717) is 0 Å². The Kier molecular flexibility index (Phi) is 8.63. The average Bonchev–Trinajstić information content (AvgIpc) is 2.43. The van der Waals surface area contributed by atoms with E-state index in [2.05, 4.69) is 11.5 Å². The van der Waals surface area contributed by atoms with Crippen LogP contribution >= 0.6 is 0 Å². The normalized spacial score (nSPS) is 15.6. The lowest BCUT2D eigenvalue weighted by Gasteiger charge is -2.41. The van der Waals surface area contributed by atoms with Crippen molar-refractivity contribution in [1.82, 2.24) is 0 Å². The summed E-state index contributed by atoms with van der Waals surface area (Å²) >= 11 is -2.05. The minimum Gasteiger partial charge on any atom is -1.00 e. The number of alkyl halides is 17. The third-order valence-corrected chi connectivity index (χ3v) is 3.69. The van der Waals surface area contributed by atoms with Crippen LogP contribution < -0.4 is 35.4 Å². The standard InChI is InChI=1S/C9H4F17N2S.HI/c10-2(11,4(14,15)6(18,19)8(22,23)24)3(12,13)5(16,17)7(20,21)9(25,26)29-1(27)28;/h27-28H2;1H/q+1;/p-1. The van der Waals surface area contributed by atoms with Crippen LogP contribution in [-0.2, 0) is 11.4 Å². The van der Waals surface area contributed by atoms with Gasteiger partial charge in [0.15, 0.2) is 0 Å². The lowest BCUT2D eigenvalue weighted by Crippen LogP contribution is -3.00. The van der Waals surface area contributed by atoms with Crippen molar-refractivity contribution < 1.29 is 98.6 Å². The molecule has 0 atom stereocenters. The Hall–Kier alpha value is -0.450. The van der Waals surface area contributed by atoms with Crippen molar-refractivity contribution in [2.45, 2.75) is 47.0 Å². The first-order chi connectivity index (χ1) is 12.2. The third-order valence-electron chi connectivity index (χ3n) is 2.94. The first-order valence-electron chi connectivity index (χ1n) is 5.95. The molecule has 0 rings (SSSR count). The fourth-order valence-electron chi connectivity index (χ4n) is 1.36. The van der Waals surface area contributed by atoms with Crippen LogP contribution in [0, 0.1) is 0 Å². The zero-order chi connectivity index (χ0) is 24.3. The van der Waals surface area contributed by atoms with E-state index in [4.69, 9.17) is 0 Å². The number of halogens is 18. The predicted molar refractivity (Wildman–Crippen MR) is 61.4 cm³/mol. The highest BCUT2D eigenvalue weighted by Gasteiger charge is 2.96. The van der Waals surface area contributed by atoms with E-state index in [1.54, 1.807) is 0 Å². The van der Waals surface area contributed by atoms with Crippen molar-refractivity contribution in [3.8, 4) is 0 Å². The number of hydrogen-bond donors (Lipinski definition) is 2. The molecule has 0 aliphatic rings. The van der Waals surface area contributed by atoms with Crippen LogP contribution in [0.4, 0.5) is 74.6 Å². The maximum absolute atomic E-state index is 13.2. The molecule has 0 aromatic carbocycles. The second kappa shape index (κ2) is 8.15. The largest absolute Gasteiger partial charge is 1.00 e. The van der Waals surface area contributed by atoms with Gasteiger partial charge in [0.2, 0.25) is 0 Å². The molecule has 0 aromatic heterocycles. The smallest absolute Gasteiger partial charge is 0.551 e. The highest BCUT2D eigenvalue weighted by molar-refractivity contribution is 7.79. The van der Waals surface area contributed by atoms with Crippen LogP contribution in [0.5, 0.6) is 0 Å². The first kappa shape index (κ1) is 31.7. The van der Waals surface area contributed by atoms with Gasteiger partial charge < -0.3 is 24.0 Å². The van der Waals surface area contributed by atoms with E-state index in [9.17, 15) is 74.6 Å². The van der Waals surface area contributed by atoms with Crippen LogP contribution in [0.25, 0.3) is 0 Å². The molecule has 0 bridgehead atoms. The average molecular weight is 622 g/mol. The van der Waals surface area contributed by atoms with Crippen LogP contribution in [0.15, 0.2) is 0 Å². The predicted octanol–water partition coefficient (Wildman–Crippen LogP) is 1.04. The molecule has 0 aliphatic heterocycles. The van der Waals surface area contributed by atoms with Gasteiger partial charge in [0.05, 0.1) is 0 Å². The summed E-state index contributed by atoms with van der Waals surface area (Å²) in [5.74, 6) is -50.1. The van der Waals surface area contributed by atoms with Crippen molar-refractivity contribution in [2.24, 2.45) is 11.5 Å². The van der Waals surface area contributed by atoms with Crippen LogP contribution in [0.2, 0.25) is 0 Å². The van der Waals surface area contributed by atoms with Crippen molar-refractivity contribution in [2.75, 3.05) is 0 Å². The van der Waals surface area contributed by atoms with E-state index in [-0.39, 0.29) is 24.0 Å². The molecule has 2 nitrogen and oxygen atoms in total. The summed E-state index contributed by atoms with van der Waals surface area (Å²) in [5.41, 5.74) is 8.41. The van der Waals surface area contributed by atoms with Crippen molar-refractivity contribution >= 4 is 16.5 Å². The number of nitrogens with two attached hydrogens (primary N) is 2. The van der Waals surface area contributed by atoms with E-state index in [1.165, 1.54) is 0 Å². The molecular weight excluding hydrogens is 618 g/mol. The van der Waals surface area contributed by atoms with Crippen LogP contribution in [-0.4, -0.2) is 52.1 Å². The molecule has 0 fully saturated rings. The van der Waals surface area contributed by atoms with E-state index in [0.717, 1.165) is 0 Å². The number of rotatable bonds is 7. The second-order valence-corrected chi connectivity index (χ2v) is 6.15. The molecule has 0 aliphatic carbocycles. The Morgan fingerprint density at radius 2 is 0.667 bits per heavy atom. The summed E-state index contributed by atoms with van der Waals surface area (Å²) in [6, 6.07) is 0. The molecule has 0 aromatic rings. The van der Waals surface area contributed by atoms with Crippen molar-refractivity contribution in [3.05, 3.63) is 0 Å². The summed E-state index contributed by atoms with van der Waals surface area (Å²) in [6.07, 6.45) is -7.78. The molecule has 4 N–H and O–H groups in total. The SMILES string of the molecule is NC(N)=[S+]C(F)(F)C(F)(F)C(F)(F)C(F)(F)C(F)(F)C(F)(F)C(F)(F)C(F)(F)F.[I-]. The highest BCUT2D eigenvalue weighted by Crippen LogP contribution is 2.63. The van der Waals surface area contributed by atoms with E-state index < -0.39 is 63.4 Å². The fraction of sp³-hybridized carbons (Fsp3) is 0.889. The monoisotopic (exact) mass is 622 g/mol. The summed E-state index contributed by atoms with van der Waals surface area (Å²) in [7, 11) is 0. The molecule has 0 spiro atoms. The zero-order valence-electron chi connectivity index (χ0n) is 12.9. The molecule has 30 heavy (non-hydrogen) atoms. The van der Waals surface area contributed by atoms with Gasteiger partial charge in [0.25, 0.3) is 11.4 Å². The maximum Gasteiger partial charge on any atom is 0.551 e. The van der Waals surface area contributed by atoms with Gasteiger partial charge in [-0.2, -0.15) is 65.9 Å². The Morgan fingerprint density at radius 3 is 0.900 bits per heavy atom. The summed E-state index contributed by atoms with van der Waals surface area (Å²) in [4.78, 5) is 0. The summed E-state index contributed by atoms with van der Waals surface area (Å²) in [5, 5.41) is -8.62. The molecule has 0 heterocycles. The van der Waals surface area contributed by atoms with Gasteiger partial charge in [-0.1, -0.05) is 0 Å². The summed E-state index contributed by atoms with van der Waals surface area (Å²) < 4.78 is 218. The van der Waals surface area contributed by atoms with Gasteiger partial charge in [-0.25, -0.2) is 11.5 Å². The minimum absolute atomic E-state index is 0. The molecule has 0 saturated heterocycles. The van der Waals surface area contributed by atoms with Crippen LogP contribution in [0.1, 0.15) is 0 Å². The lowest BCUT2D eigenvalue weighted by atomic mass is 9.91. The zero-order valence-corrected chi connectivity index (χ0v) is 15.8. The van der Waals surface area contributed by atoms with Gasteiger partial charge in [0, 0.05) is 0 Å². The van der Waals surface area contributed by atoms with Crippen molar-refractivity contribution in [3.63, 3.8) is 0 Å². The fourth-order valence-corrected chi connectivity index (χ4v) is 1.91. The highest BCUT2D eigenvalue weighted by atomic mass is 127. The van der Waals surface area contributed by atoms with Crippen LogP contribution in [0.3, 0.4) is 0 Å². The molecule has 0 amide bonds. The van der Waals surface area contributed by atoms with Gasteiger partial charge in [-0.05, 0) is 0 Å². The molecule has 0 saturated carbocycles. The van der Waals surface area contributed by atoms with E-state index >= 15 is 0 Å². The summed E-state index contributed by atoms with van der Waals surface area (Å²) in [6.45, 7) is 0. The topological polar surface area (TPSA) is 52.0 Å². The Balaban J connectivity index is 0. The Labute approximate surface area is 174 Å².